The molecule has 0 fully saturated rings. The second kappa shape index (κ2) is 5.57. The molecular weight excluding hydrogens is 298 g/mol. The minimum atomic E-state index is -0.457. The van der Waals surface area contributed by atoms with Gasteiger partial charge in [0.15, 0.2) is 5.43 Å². The lowest BCUT2D eigenvalue weighted by molar-refractivity contribution is -0.385. The van der Waals surface area contributed by atoms with Gasteiger partial charge in [0.25, 0.3) is 5.69 Å². The molecule has 1 aromatic heterocycles. The van der Waals surface area contributed by atoms with Crippen molar-refractivity contribution in [1.82, 2.24) is 0 Å². The van der Waals surface area contributed by atoms with E-state index in [4.69, 9.17) is 9.15 Å². The van der Waals surface area contributed by atoms with E-state index in [0.29, 0.717) is 27.8 Å². The number of hydrogen-bond acceptors (Lipinski definition) is 5. The summed E-state index contributed by atoms with van der Waals surface area (Å²) < 4.78 is 11.0. The second-order valence-corrected chi connectivity index (χ2v) is 5.02. The number of ether oxygens (including phenoxy) is 1. The number of rotatable bonds is 3. The van der Waals surface area contributed by atoms with Gasteiger partial charge < -0.3 is 9.15 Å². The fourth-order valence-electron chi connectivity index (χ4n) is 2.57. The second-order valence-electron chi connectivity index (χ2n) is 5.02. The maximum absolute atomic E-state index is 12.4. The Morgan fingerprint density at radius 2 is 1.91 bits per heavy atom. The molecule has 0 N–H and O–H groups in total. The van der Waals surface area contributed by atoms with Gasteiger partial charge in [0, 0.05) is 23.3 Å². The Hall–Kier alpha value is -3.15. The van der Waals surface area contributed by atoms with E-state index in [-0.39, 0.29) is 16.9 Å². The first-order chi connectivity index (χ1) is 11.0. The zero-order valence-electron chi connectivity index (χ0n) is 12.5. The molecule has 23 heavy (non-hydrogen) atoms. The van der Waals surface area contributed by atoms with E-state index in [2.05, 4.69) is 0 Å². The third-order valence-electron chi connectivity index (χ3n) is 3.70. The quantitative estimate of drug-likeness (QED) is 0.544. The van der Waals surface area contributed by atoms with E-state index < -0.39 is 4.92 Å². The van der Waals surface area contributed by atoms with E-state index >= 15 is 0 Å². The molecule has 1 heterocycles. The fourth-order valence-corrected chi connectivity index (χ4v) is 2.57. The molecule has 0 saturated carbocycles. The van der Waals surface area contributed by atoms with Crippen LogP contribution in [0.2, 0.25) is 0 Å². The lowest BCUT2D eigenvalue weighted by Crippen LogP contribution is -2.03. The van der Waals surface area contributed by atoms with E-state index in [1.54, 1.807) is 37.3 Å². The normalized spacial score (nSPS) is 10.7. The van der Waals surface area contributed by atoms with Gasteiger partial charge in [0.2, 0.25) is 0 Å². The minimum absolute atomic E-state index is 0.0177. The van der Waals surface area contributed by atoms with Crippen molar-refractivity contribution in [2.75, 3.05) is 7.11 Å². The average Bonchev–Trinajstić information content (AvgIpc) is 2.53. The zero-order valence-corrected chi connectivity index (χ0v) is 12.5. The van der Waals surface area contributed by atoms with Crippen LogP contribution in [0.5, 0.6) is 5.75 Å². The standard InChI is InChI=1S/C17H13NO5/c1-10-11(5-3-6-12(10)18(20)21)16-9-13(19)17-14(22-2)7-4-8-15(17)23-16/h3-9H,1-2H3. The minimum Gasteiger partial charge on any atom is -0.496 e. The number of methoxy groups -OCH3 is 1. The molecule has 0 aliphatic heterocycles. The van der Waals surface area contributed by atoms with Crippen LogP contribution < -0.4 is 10.2 Å². The van der Waals surface area contributed by atoms with E-state index in [1.165, 1.54) is 19.2 Å². The van der Waals surface area contributed by atoms with E-state index in [1.807, 2.05) is 0 Å². The van der Waals surface area contributed by atoms with Crippen molar-refractivity contribution in [3.8, 4) is 17.1 Å². The van der Waals surface area contributed by atoms with Crippen LogP contribution in [0.25, 0.3) is 22.3 Å². The molecule has 3 rings (SSSR count). The average molecular weight is 311 g/mol. The van der Waals surface area contributed by atoms with Gasteiger partial charge >= 0.3 is 0 Å². The Bertz CT molecular complexity index is 974. The number of benzene rings is 2. The van der Waals surface area contributed by atoms with Crippen LogP contribution in [0, 0.1) is 17.0 Å². The topological polar surface area (TPSA) is 82.6 Å². The third-order valence-corrected chi connectivity index (χ3v) is 3.70. The molecule has 6 heteroatoms. The molecule has 2 aromatic carbocycles. The molecular formula is C17H13NO5. The number of nitro groups is 1. The summed E-state index contributed by atoms with van der Waals surface area (Å²) in [6, 6.07) is 11.1. The highest BCUT2D eigenvalue weighted by atomic mass is 16.6. The van der Waals surface area contributed by atoms with Crippen molar-refractivity contribution in [2.45, 2.75) is 6.92 Å². The lowest BCUT2D eigenvalue weighted by Gasteiger charge is -2.08. The Morgan fingerprint density at radius 1 is 1.17 bits per heavy atom. The lowest BCUT2D eigenvalue weighted by atomic mass is 10.0. The summed E-state index contributed by atoms with van der Waals surface area (Å²) in [6.07, 6.45) is 0. The molecule has 6 nitrogen and oxygen atoms in total. The molecule has 0 spiro atoms. The van der Waals surface area contributed by atoms with Crippen LogP contribution in [0.4, 0.5) is 5.69 Å². The summed E-state index contributed by atoms with van der Waals surface area (Å²) in [7, 11) is 1.48. The van der Waals surface area contributed by atoms with Crippen LogP contribution >= 0.6 is 0 Å². The van der Waals surface area contributed by atoms with Crippen molar-refractivity contribution in [3.63, 3.8) is 0 Å². The van der Waals surface area contributed by atoms with Crippen molar-refractivity contribution in [1.29, 1.82) is 0 Å². The van der Waals surface area contributed by atoms with Crippen LogP contribution in [-0.4, -0.2) is 12.0 Å². The monoisotopic (exact) mass is 311 g/mol. The van der Waals surface area contributed by atoms with Gasteiger partial charge in [0.1, 0.15) is 22.5 Å². The van der Waals surface area contributed by atoms with Crippen LogP contribution in [0.1, 0.15) is 5.56 Å². The first-order valence-electron chi connectivity index (χ1n) is 6.88. The van der Waals surface area contributed by atoms with Crippen LogP contribution in [0.3, 0.4) is 0 Å². The Kier molecular flexibility index (Phi) is 3.57. The Morgan fingerprint density at radius 3 is 2.61 bits per heavy atom. The van der Waals surface area contributed by atoms with Crippen molar-refractivity contribution in [3.05, 3.63) is 68.4 Å². The summed E-state index contributed by atoms with van der Waals surface area (Å²) in [5.74, 6) is 0.718. The number of nitro benzene ring substituents is 1. The van der Waals surface area contributed by atoms with Gasteiger partial charge in [-0.05, 0) is 19.1 Å². The van der Waals surface area contributed by atoms with Gasteiger partial charge in [-0.2, -0.15) is 0 Å². The molecule has 0 amide bonds. The number of fused-ring (bicyclic) bond motifs is 1. The highest BCUT2D eigenvalue weighted by Gasteiger charge is 2.17. The molecule has 3 aromatic rings. The number of hydrogen-bond donors (Lipinski definition) is 0. The molecule has 116 valence electrons. The van der Waals surface area contributed by atoms with Gasteiger partial charge in [-0.25, -0.2) is 0 Å². The predicted octanol–water partition coefficient (Wildman–Crippen LogP) is 3.69. The molecule has 0 atom stereocenters. The Balaban J connectivity index is 2.29. The maximum atomic E-state index is 12.4. The first-order valence-corrected chi connectivity index (χ1v) is 6.88. The molecule has 0 radical (unpaired) electrons. The number of nitrogens with zero attached hydrogens (tertiary/aromatic N) is 1. The Labute approximate surface area is 131 Å². The highest BCUT2D eigenvalue weighted by molar-refractivity contribution is 5.85. The SMILES string of the molecule is COc1cccc2oc(-c3cccc([N+](=O)[O-])c3C)cc(=O)c12. The summed E-state index contributed by atoms with van der Waals surface area (Å²) in [5, 5.41) is 11.4. The summed E-state index contributed by atoms with van der Waals surface area (Å²) in [5.41, 5.74) is 1.06. The van der Waals surface area contributed by atoms with Crippen LogP contribution in [-0.2, 0) is 0 Å². The summed E-state index contributed by atoms with van der Waals surface area (Å²) in [4.78, 5) is 23.0. The van der Waals surface area contributed by atoms with E-state index in [0.717, 1.165) is 0 Å². The van der Waals surface area contributed by atoms with Crippen molar-refractivity contribution >= 4 is 16.7 Å². The molecule has 0 aliphatic rings. The molecule has 0 bridgehead atoms. The third kappa shape index (κ3) is 2.44. The van der Waals surface area contributed by atoms with E-state index in [9.17, 15) is 14.9 Å². The summed E-state index contributed by atoms with van der Waals surface area (Å²) in [6.45, 7) is 1.63. The van der Waals surface area contributed by atoms with Gasteiger partial charge in [0.05, 0.1) is 12.0 Å². The largest absolute Gasteiger partial charge is 0.496 e. The fraction of sp³-hybridized carbons (Fsp3) is 0.118. The van der Waals surface area contributed by atoms with Gasteiger partial charge in [-0.3, -0.25) is 14.9 Å². The van der Waals surface area contributed by atoms with Crippen molar-refractivity contribution < 1.29 is 14.1 Å². The van der Waals surface area contributed by atoms with Gasteiger partial charge in [-0.1, -0.05) is 18.2 Å². The molecule has 0 unspecified atom stereocenters. The van der Waals surface area contributed by atoms with Crippen molar-refractivity contribution in [2.24, 2.45) is 0 Å². The highest BCUT2D eigenvalue weighted by Crippen LogP contribution is 2.32. The first kappa shape index (κ1) is 14.8. The van der Waals surface area contributed by atoms with Crippen LogP contribution in [0.15, 0.2) is 51.7 Å². The molecule has 0 saturated heterocycles. The maximum Gasteiger partial charge on any atom is 0.273 e. The summed E-state index contributed by atoms with van der Waals surface area (Å²) >= 11 is 0. The predicted molar refractivity (Wildman–Crippen MR) is 85.9 cm³/mol. The zero-order chi connectivity index (χ0) is 16.6. The molecule has 0 aliphatic carbocycles. The smallest absolute Gasteiger partial charge is 0.273 e. The van der Waals surface area contributed by atoms with Gasteiger partial charge in [-0.15, -0.1) is 0 Å².